The number of rotatable bonds is 3. The van der Waals surface area contributed by atoms with E-state index in [0.29, 0.717) is 20.9 Å². The van der Waals surface area contributed by atoms with Crippen LogP contribution in [0.25, 0.3) is 0 Å². The Hall–Kier alpha value is -0.0500. The highest BCUT2D eigenvalue weighted by Crippen LogP contribution is 2.39. The van der Waals surface area contributed by atoms with E-state index < -0.39 is 0 Å². The highest BCUT2D eigenvalue weighted by atomic mass is 35.5. The summed E-state index contributed by atoms with van der Waals surface area (Å²) < 4.78 is 0. The molecule has 0 aliphatic carbocycles. The average molecular weight is 338 g/mol. The van der Waals surface area contributed by atoms with E-state index in [9.17, 15) is 0 Å². The lowest BCUT2D eigenvalue weighted by Crippen LogP contribution is -1.83. The molecule has 0 spiro atoms. The normalized spacial score (nSPS) is 10.7. The highest BCUT2D eigenvalue weighted by molar-refractivity contribution is 7.99. The molecule has 0 aliphatic heterocycles. The van der Waals surface area contributed by atoms with Crippen LogP contribution in [0.5, 0.6) is 0 Å². The van der Waals surface area contributed by atoms with Gasteiger partial charge in [-0.1, -0.05) is 46.6 Å². The lowest BCUT2D eigenvalue weighted by atomic mass is 10.2. The van der Waals surface area contributed by atoms with Gasteiger partial charge in [0.05, 0.1) is 10.0 Å². The van der Waals surface area contributed by atoms with Gasteiger partial charge >= 0.3 is 0 Å². The Morgan fingerprint density at radius 1 is 0.889 bits per heavy atom. The molecule has 0 nitrogen and oxygen atoms in total. The zero-order valence-electron chi connectivity index (χ0n) is 9.09. The van der Waals surface area contributed by atoms with Gasteiger partial charge in [0.25, 0.3) is 0 Å². The minimum atomic E-state index is 0.394. The van der Waals surface area contributed by atoms with Gasteiger partial charge in [0.1, 0.15) is 0 Å². The van der Waals surface area contributed by atoms with Gasteiger partial charge in [0.15, 0.2) is 0 Å². The lowest BCUT2D eigenvalue weighted by molar-refractivity contribution is 1.33. The van der Waals surface area contributed by atoms with Crippen LogP contribution in [0.3, 0.4) is 0 Å². The van der Waals surface area contributed by atoms with Crippen molar-refractivity contribution in [2.45, 2.75) is 15.7 Å². The minimum absolute atomic E-state index is 0.394. The molecule has 5 heteroatoms. The molecule has 0 bridgehead atoms. The molecular weight excluding hydrogens is 330 g/mol. The van der Waals surface area contributed by atoms with E-state index in [0.717, 1.165) is 15.4 Å². The van der Waals surface area contributed by atoms with Crippen LogP contribution in [0.2, 0.25) is 15.1 Å². The number of benzene rings is 2. The summed E-state index contributed by atoms with van der Waals surface area (Å²) in [5, 5.41) is 1.92. The maximum atomic E-state index is 6.20. The second kappa shape index (κ2) is 6.40. The Labute approximate surface area is 130 Å². The lowest BCUT2D eigenvalue weighted by Gasteiger charge is -2.08. The van der Waals surface area contributed by atoms with Crippen molar-refractivity contribution in [2.24, 2.45) is 0 Å². The molecule has 2 rings (SSSR count). The van der Waals surface area contributed by atoms with Crippen LogP contribution in [-0.2, 0) is 5.88 Å². The third kappa shape index (κ3) is 3.49. The van der Waals surface area contributed by atoms with Crippen LogP contribution in [-0.4, -0.2) is 0 Å². The Balaban J connectivity index is 2.31. The van der Waals surface area contributed by atoms with E-state index in [-0.39, 0.29) is 0 Å². The van der Waals surface area contributed by atoms with E-state index in [1.165, 1.54) is 11.8 Å². The van der Waals surface area contributed by atoms with Gasteiger partial charge in [-0.15, -0.1) is 11.6 Å². The van der Waals surface area contributed by atoms with E-state index in [1.54, 1.807) is 0 Å². The molecule has 0 N–H and O–H groups in total. The van der Waals surface area contributed by atoms with Gasteiger partial charge in [-0.3, -0.25) is 0 Å². The predicted molar refractivity (Wildman–Crippen MR) is 81.6 cm³/mol. The Kier molecular flexibility index (Phi) is 5.11. The first-order valence-corrected chi connectivity index (χ1v) is 7.56. The molecule has 18 heavy (non-hydrogen) atoms. The second-order valence-electron chi connectivity index (χ2n) is 3.58. The maximum Gasteiger partial charge on any atom is 0.0563 e. The monoisotopic (exact) mass is 336 g/mol. The van der Waals surface area contributed by atoms with Crippen LogP contribution in [0, 0.1) is 0 Å². The van der Waals surface area contributed by atoms with Gasteiger partial charge in [0, 0.05) is 20.7 Å². The van der Waals surface area contributed by atoms with Crippen LogP contribution >= 0.6 is 58.2 Å². The largest absolute Gasteiger partial charge is 0.122 e. The smallest absolute Gasteiger partial charge is 0.0563 e. The first kappa shape index (κ1) is 14.4. The van der Waals surface area contributed by atoms with Crippen molar-refractivity contribution in [3.8, 4) is 0 Å². The number of hydrogen-bond donors (Lipinski definition) is 0. The molecule has 2 aromatic carbocycles. The molecule has 0 saturated heterocycles. The molecule has 94 valence electrons. The van der Waals surface area contributed by atoms with E-state index in [4.69, 9.17) is 46.4 Å². The van der Waals surface area contributed by atoms with Crippen molar-refractivity contribution in [1.82, 2.24) is 0 Å². The molecule has 0 amide bonds. The van der Waals surface area contributed by atoms with E-state index in [2.05, 4.69) is 0 Å². The quantitative estimate of drug-likeness (QED) is 0.573. The number of hydrogen-bond acceptors (Lipinski definition) is 1. The zero-order valence-corrected chi connectivity index (χ0v) is 12.9. The Morgan fingerprint density at radius 3 is 1.94 bits per heavy atom. The summed E-state index contributed by atoms with van der Waals surface area (Å²) in [5.74, 6) is 0.394. The van der Waals surface area contributed by atoms with Gasteiger partial charge in [-0.05, 0) is 42.0 Å². The summed E-state index contributed by atoms with van der Waals surface area (Å²) in [6.07, 6.45) is 0. The van der Waals surface area contributed by atoms with Crippen LogP contribution in [0.15, 0.2) is 46.2 Å². The SMILES string of the molecule is ClCc1cc(Cl)c(Sc2ccc(Cl)cc2)c(Cl)c1. The summed E-state index contributed by atoms with van der Waals surface area (Å²) in [6, 6.07) is 11.2. The van der Waals surface area contributed by atoms with Gasteiger partial charge in [-0.25, -0.2) is 0 Å². The van der Waals surface area contributed by atoms with Gasteiger partial charge in [-0.2, -0.15) is 0 Å². The van der Waals surface area contributed by atoms with Crippen molar-refractivity contribution >= 4 is 58.2 Å². The third-order valence-corrected chi connectivity index (χ3v) is 4.78. The van der Waals surface area contributed by atoms with E-state index >= 15 is 0 Å². The molecular formula is C13H8Cl4S. The minimum Gasteiger partial charge on any atom is -0.122 e. The van der Waals surface area contributed by atoms with Crippen molar-refractivity contribution in [3.63, 3.8) is 0 Å². The molecule has 0 atom stereocenters. The fourth-order valence-electron chi connectivity index (χ4n) is 1.41. The van der Waals surface area contributed by atoms with Gasteiger partial charge in [0.2, 0.25) is 0 Å². The van der Waals surface area contributed by atoms with Crippen LogP contribution in [0.4, 0.5) is 0 Å². The van der Waals surface area contributed by atoms with Crippen molar-refractivity contribution in [3.05, 3.63) is 57.0 Å². The van der Waals surface area contributed by atoms with Crippen LogP contribution < -0.4 is 0 Å². The van der Waals surface area contributed by atoms with Crippen molar-refractivity contribution < 1.29 is 0 Å². The molecule has 0 aromatic heterocycles. The molecule has 0 saturated carbocycles. The Bertz CT molecular complexity index is 528. The molecule has 0 heterocycles. The number of halogens is 4. The topological polar surface area (TPSA) is 0 Å². The molecule has 0 aliphatic rings. The van der Waals surface area contributed by atoms with Crippen molar-refractivity contribution in [2.75, 3.05) is 0 Å². The number of alkyl halides is 1. The summed E-state index contributed by atoms with van der Waals surface area (Å²) in [6.45, 7) is 0. The first-order valence-electron chi connectivity index (χ1n) is 5.07. The summed E-state index contributed by atoms with van der Waals surface area (Å²) >= 11 is 25.5. The zero-order chi connectivity index (χ0) is 13.1. The summed E-state index contributed by atoms with van der Waals surface area (Å²) in [7, 11) is 0. The Morgan fingerprint density at radius 2 is 1.44 bits per heavy atom. The predicted octanol–water partition coefficient (Wildman–Crippen LogP) is 6.54. The fourth-order valence-corrected chi connectivity index (χ4v) is 3.27. The van der Waals surface area contributed by atoms with Gasteiger partial charge < -0.3 is 0 Å². The molecule has 0 unspecified atom stereocenters. The van der Waals surface area contributed by atoms with Crippen molar-refractivity contribution in [1.29, 1.82) is 0 Å². The molecule has 0 radical (unpaired) electrons. The summed E-state index contributed by atoms with van der Waals surface area (Å²) in [5.41, 5.74) is 0.909. The first-order chi connectivity index (χ1) is 8.60. The third-order valence-electron chi connectivity index (χ3n) is 2.25. The standard InChI is InChI=1S/C13H8Cl4S/c14-7-8-5-11(16)13(12(17)6-8)18-10-3-1-9(15)2-4-10/h1-6H,7H2. The maximum absolute atomic E-state index is 6.20. The second-order valence-corrected chi connectivity index (χ2v) is 6.18. The highest BCUT2D eigenvalue weighted by Gasteiger charge is 2.10. The molecule has 2 aromatic rings. The average Bonchev–Trinajstić information content (AvgIpc) is 2.35. The van der Waals surface area contributed by atoms with E-state index in [1.807, 2.05) is 36.4 Å². The fraction of sp³-hybridized carbons (Fsp3) is 0.0769. The molecule has 0 fully saturated rings. The van der Waals surface area contributed by atoms with Crippen LogP contribution in [0.1, 0.15) is 5.56 Å². The summed E-state index contributed by atoms with van der Waals surface area (Å²) in [4.78, 5) is 1.86.